The number of thiocarbonyl (C=S) groups is 1. The lowest BCUT2D eigenvalue weighted by Crippen LogP contribution is -3.00. The summed E-state index contributed by atoms with van der Waals surface area (Å²) in [6.07, 6.45) is 0. The summed E-state index contributed by atoms with van der Waals surface area (Å²) in [5.74, 6) is 0.890. The number of halogens is 1. The van der Waals surface area contributed by atoms with E-state index < -0.39 is 0 Å². The summed E-state index contributed by atoms with van der Waals surface area (Å²) < 4.78 is 0. The van der Waals surface area contributed by atoms with Crippen molar-refractivity contribution in [2.24, 2.45) is 0 Å². The molecule has 0 radical (unpaired) electrons. The molecule has 0 aliphatic rings. The van der Waals surface area contributed by atoms with Crippen molar-refractivity contribution in [2.45, 2.75) is 0 Å². The van der Waals surface area contributed by atoms with Crippen LogP contribution in [0.4, 0.5) is 5.82 Å². The molecule has 0 saturated carbocycles. The van der Waals surface area contributed by atoms with Gasteiger partial charge in [-0.25, -0.2) is 0 Å². The van der Waals surface area contributed by atoms with Crippen LogP contribution < -0.4 is 35.0 Å². The Morgan fingerprint density at radius 1 is 1.36 bits per heavy atom. The lowest BCUT2D eigenvalue weighted by molar-refractivity contribution is -0.208. The van der Waals surface area contributed by atoms with Crippen LogP contribution in [0.25, 0.3) is 10.9 Å². The van der Waals surface area contributed by atoms with Crippen LogP contribution in [0.2, 0.25) is 0 Å². The van der Waals surface area contributed by atoms with Gasteiger partial charge >= 0.3 is 0 Å². The molecule has 2 aromatic rings. The molecule has 0 spiro atoms. The summed E-state index contributed by atoms with van der Waals surface area (Å²) in [4.78, 5) is 3.19. The minimum Gasteiger partial charge on any atom is -1.00 e. The minimum atomic E-state index is 0. The molecule has 0 atom stereocenters. The monoisotopic (exact) mass is 319 g/mol. The quantitative estimate of drug-likeness (QED) is 0.425. The Labute approximate surface area is 104 Å². The van der Waals surface area contributed by atoms with Gasteiger partial charge in [0.05, 0.1) is 0 Å². The van der Waals surface area contributed by atoms with E-state index in [9.17, 15) is 0 Å². The number of anilines is 1. The Kier molecular flexibility index (Phi) is 3.85. The van der Waals surface area contributed by atoms with Gasteiger partial charge in [-0.3, -0.25) is 5.32 Å². The van der Waals surface area contributed by atoms with Gasteiger partial charge in [0.2, 0.25) is 0 Å². The average Bonchev–Trinajstić information content (AvgIpc) is 2.44. The molecule has 5 heteroatoms. The first kappa shape index (κ1) is 11.4. The molecular formula is C9H10IN3S. The summed E-state index contributed by atoms with van der Waals surface area (Å²) in [7, 11) is 0. The van der Waals surface area contributed by atoms with Crippen LogP contribution >= 0.6 is 12.2 Å². The van der Waals surface area contributed by atoms with Crippen LogP contribution in [-0.2, 0) is 0 Å². The second-order valence-electron chi connectivity index (χ2n) is 2.82. The molecule has 0 amide bonds. The second kappa shape index (κ2) is 4.72. The SMILES string of the molecule is [I-].[NH3+]C(=S)Nc1cc2ccccc2[nH]1. The molecule has 5 N–H and O–H groups in total. The standard InChI is InChI=1S/C9H9N3S.HI/c10-9(13)12-8-5-6-3-1-2-4-7(6)11-8;/h1-5,11H,(H3,10,12,13);1H. The van der Waals surface area contributed by atoms with Gasteiger partial charge in [0, 0.05) is 23.1 Å². The number of rotatable bonds is 1. The number of hydrogen-bond acceptors (Lipinski definition) is 1. The number of aromatic nitrogens is 1. The van der Waals surface area contributed by atoms with E-state index in [0.717, 1.165) is 11.3 Å². The molecule has 0 bridgehead atoms. The molecule has 0 fully saturated rings. The topological polar surface area (TPSA) is 55.5 Å². The molecule has 1 aromatic heterocycles. The number of benzene rings is 1. The zero-order valence-corrected chi connectivity index (χ0v) is 10.4. The molecule has 3 nitrogen and oxygen atoms in total. The minimum absolute atomic E-state index is 0. The van der Waals surface area contributed by atoms with Crippen LogP contribution in [0.5, 0.6) is 0 Å². The van der Waals surface area contributed by atoms with Gasteiger partial charge in [0.25, 0.3) is 5.11 Å². The lowest BCUT2D eigenvalue weighted by Gasteiger charge is -1.93. The van der Waals surface area contributed by atoms with Crippen molar-refractivity contribution in [3.63, 3.8) is 0 Å². The zero-order chi connectivity index (χ0) is 9.26. The Morgan fingerprint density at radius 3 is 2.71 bits per heavy atom. The van der Waals surface area contributed by atoms with E-state index in [2.05, 4.69) is 16.0 Å². The molecule has 1 heterocycles. The number of aromatic amines is 1. The Bertz CT molecular complexity index is 419. The van der Waals surface area contributed by atoms with E-state index in [-0.39, 0.29) is 24.0 Å². The number of nitrogens with one attached hydrogen (secondary N) is 2. The molecule has 14 heavy (non-hydrogen) atoms. The van der Waals surface area contributed by atoms with Crippen molar-refractivity contribution >= 4 is 34.1 Å². The van der Waals surface area contributed by atoms with Crippen molar-refractivity contribution in [1.82, 2.24) is 4.98 Å². The van der Waals surface area contributed by atoms with Gasteiger partial charge in [-0.05, 0) is 12.1 Å². The Hall–Kier alpha value is -0.660. The highest BCUT2D eigenvalue weighted by atomic mass is 127. The van der Waals surface area contributed by atoms with Crippen LogP contribution in [0.15, 0.2) is 30.3 Å². The number of H-pyrrole nitrogens is 1. The predicted octanol–water partition coefficient (Wildman–Crippen LogP) is -1.89. The fraction of sp³-hybridized carbons (Fsp3) is 0. The molecule has 1 aromatic carbocycles. The summed E-state index contributed by atoms with van der Waals surface area (Å²) in [5.41, 5.74) is 4.70. The van der Waals surface area contributed by atoms with Gasteiger partial charge in [0.15, 0.2) is 0 Å². The Morgan fingerprint density at radius 2 is 2.07 bits per heavy atom. The average molecular weight is 319 g/mol. The zero-order valence-electron chi connectivity index (χ0n) is 7.38. The van der Waals surface area contributed by atoms with Gasteiger partial charge in [-0.2, -0.15) is 0 Å². The van der Waals surface area contributed by atoms with Gasteiger partial charge in [-0.1, -0.05) is 18.2 Å². The summed E-state index contributed by atoms with van der Waals surface area (Å²) in [6, 6.07) is 10.1. The van der Waals surface area contributed by atoms with Crippen LogP contribution in [-0.4, -0.2) is 10.1 Å². The first-order chi connectivity index (χ1) is 6.25. The molecule has 2 rings (SSSR count). The first-order valence-electron chi connectivity index (χ1n) is 3.96. The van der Waals surface area contributed by atoms with E-state index >= 15 is 0 Å². The highest BCUT2D eigenvalue weighted by molar-refractivity contribution is 7.80. The van der Waals surface area contributed by atoms with Crippen LogP contribution in [0, 0.1) is 0 Å². The molecule has 0 aliphatic heterocycles. The predicted molar refractivity (Wildman–Crippen MR) is 57.4 cm³/mol. The lowest BCUT2D eigenvalue weighted by atomic mass is 10.2. The maximum atomic E-state index is 4.84. The van der Waals surface area contributed by atoms with E-state index in [1.807, 2.05) is 30.3 Å². The van der Waals surface area contributed by atoms with Crippen molar-refractivity contribution < 1.29 is 29.7 Å². The van der Waals surface area contributed by atoms with Crippen molar-refractivity contribution in [3.8, 4) is 0 Å². The number of quaternary nitrogens is 1. The summed E-state index contributed by atoms with van der Waals surface area (Å²) in [5, 5.41) is 4.65. The van der Waals surface area contributed by atoms with E-state index in [1.165, 1.54) is 5.39 Å². The number of fused-ring (bicyclic) bond motifs is 1. The molecule has 74 valence electrons. The van der Waals surface area contributed by atoms with Gasteiger partial charge in [0.1, 0.15) is 5.82 Å². The van der Waals surface area contributed by atoms with E-state index in [4.69, 9.17) is 12.2 Å². The number of hydrogen-bond donors (Lipinski definition) is 3. The largest absolute Gasteiger partial charge is 1.00 e. The third-order valence-corrected chi connectivity index (χ3v) is 1.91. The molecular weight excluding hydrogens is 309 g/mol. The third-order valence-electron chi connectivity index (χ3n) is 1.80. The van der Waals surface area contributed by atoms with Crippen LogP contribution in [0.1, 0.15) is 0 Å². The maximum absolute atomic E-state index is 4.84. The fourth-order valence-corrected chi connectivity index (χ4v) is 1.40. The first-order valence-corrected chi connectivity index (χ1v) is 4.37. The molecule has 0 saturated heterocycles. The second-order valence-corrected chi connectivity index (χ2v) is 3.31. The molecule has 0 unspecified atom stereocenters. The fourth-order valence-electron chi connectivity index (χ4n) is 1.29. The maximum Gasteiger partial charge on any atom is 0.270 e. The molecule has 0 aliphatic carbocycles. The van der Waals surface area contributed by atoms with Gasteiger partial charge < -0.3 is 34.7 Å². The van der Waals surface area contributed by atoms with Gasteiger partial charge in [-0.15, -0.1) is 0 Å². The third kappa shape index (κ3) is 2.43. The van der Waals surface area contributed by atoms with Crippen molar-refractivity contribution in [3.05, 3.63) is 30.3 Å². The summed E-state index contributed by atoms with van der Waals surface area (Å²) in [6.45, 7) is 0. The van der Waals surface area contributed by atoms with Crippen LogP contribution in [0.3, 0.4) is 0 Å². The van der Waals surface area contributed by atoms with E-state index in [1.54, 1.807) is 0 Å². The highest BCUT2D eigenvalue weighted by Crippen LogP contribution is 2.17. The normalized spacial score (nSPS) is 9.50. The smallest absolute Gasteiger partial charge is 0.270 e. The van der Waals surface area contributed by atoms with E-state index in [0.29, 0.717) is 5.11 Å². The Balaban J connectivity index is 0.000000980. The van der Waals surface area contributed by atoms with Crippen molar-refractivity contribution in [2.75, 3.05) is 5.32 Å². The highest BCUT2D eigenvalue weighted by Gasteiger charge is 2.00. The van der Waals surface area contributed by atoms with Crippen molar-refractivity contribution in [1.29, 1.82) is 0 Å². The number of para-hydroxylation sites is 1. The summed E-state index contributed by atoms with van der Waals surface area (Å²) >= 11 is 4.84.